The van der Waals surface area contributed by atoms with E-state index in [0.29, 0.717) is 18.7 Å². The zero-order chi connectivity index (χ0) is 19.0. The van der Waals surface area contributed by atoms with Gasteiger partial charge in [-0.2, -0.15) is 0 Å². The second-order valence-corrected chi connectivity index (χ2v) is 8.05. The molecule has 1 aromatic carbocycles. The van der Waals surface area contributed by atoms with Crippen molar-refractivity contribution in [2.75, 3.05) is 6.61 Å². The predicted molar refractivity (Wildman–Crippen MR) is 117 cm³/mol. The van der Waals surface area contributed by atoms with Crippen LogP contribution < -0.4 is 5.32 Å². The monoisotopic (exact) mass is 371 g/mol. The first-order valence-corrected chi connectivity index (χ1v) is 11.4. The number of benzene rings is 1. The summed E-state index contributed by atoms with van der Waals surface area (Å²) in [5.74, 6) is 0. The van der Waals surface area contributed by atoms with Crippen LogP contribution in [0.25, 0.3) is 0 Å². The zero-order valence-electron chi connectivity index (χ0n) is 17.5. The number of nitrogens with one attached hydrogen (secondary N) is 1. The Morgan fingerprint density at radius 1 is 0.852 bits per heavy atom. The van der Waals surface area contributed by atoms with Crippen molar-refractivity contribution in [2.45, 2.75) is 103 Å². The molecule has 2 atom stereocenters. The third-order valence-corrected chi connectivity index (χ3v) is 5.46. The quantitative estimate of drug-likeness (QED) is 0.185. The molecule has 1 fully saturated rings. The van der Waals surface area contributed by atoms with Gasteiger partial charge in [0.25, 0.3) is 0 Å². The zero-order valence-corrected chi connectivity index (χ0v) is 17.5. The molecule has 1 heterocycles. The van der Waals surface area contributed by atoms with Crippen LogP contribution in [0.2, 0.25) is 0 Å². The van der Waals surface area contributed by atoms with Crippen LogP contribution in [-0.4, -0.2) is 18.7 Å². The molecule has 0 saturated carbocycles. The van der Waals surface area contributed by atoms with E-state index in [2.05, 4.69) is 48.7 Å². The Kier molecular flexibility index (Phi) is 12.2. The highest BCUT2D eigenvalue weighted by Crippen LogP contribution is 2.15. The lowest BCUT2D eigenvalue weighted by Crippen LogP contribution is -2.05. The largest absolute Gasteiger partial charge is 0.375 e. The molecule has 0 aliphatic carbocycles. The molecule has 0 radical (unpaired) electrons. The number of ether oxygens (including phenoxy) is 1. The van der Waals surface area contributed by atoms with Crippen LogP contribution in [0.15, 0.2) is 42.5 Å². The van der Waals surface area contributed by atoms with Gasteiger partial charge in [-0.3, -0.25) is 0 Å². The van der Waals surface area contributed by atoms with E-state index < -0.39 is 0 Å². The van der Waals surface area contributed by atoms with Crippen LogP contribution in [0.5, 0.6) is 0 Å². The molecular formula is C25H41NO. The molecule has 0 spiro atoms. The maximum Gasteiger partial charge on any atom is 0.0717 e. The highest BCUT2D eigenvalue weighted by Gasteiger charge is 2.33. The summed E-state index contributed by atoms with van der Waals surface area (Å²) in [6.07, 6.45) is 21.5. The average molecular weight is 372 g/mol. The number of rotatable bonds is 17. The third kappa shape index (κ3) is 11.3. The molecule has 1 aliphatic heterocycles. The normalized spacial score (nSPS) is 19.0. The molecule has 27 heavy (non-hydrogen) atoms. The molecular weight excluding hydrogens is 330 g/mol. The lowest BCUT2D eigenvalue weighted by molar-refractivity contribution is 0.122. The van der Waals surface area contributed by atoms with Crippen LogP contribution >= 0.6 is 0 Å². The van der Waals surface area contributed by atoms with E-state index >= 15 is 0 Å². The van der Waals surface area contributed by atoms with Gasteiger partial charge in [0.1, 0.15) is 0 Å². The van der Waals surface area contributed by atoms with Gasteiger partial charge in [-0.15, -0.1) is 0 Å². The number of unbranched alkanes of at least 4 members (excludes halogenated alkanes) is 11. The molecule has 1 aliphatic rings. The van der Waals surface area contributed by atoms with Gasteiger partial charge in [0.15, 0.2) is 0 Å². The minimum Gasteiger partial charge on any atom is -0.375 e. The van der Waals surface area contributed by atoms with Crippen LogP contribution in [0.1, 0.15) is 89.5 Å². The minimum absolute atomic E-state index is 0.516. The summed E-state index contributed by atoms with van der Waals surface area (Å²) < 4.78 is 5.80. The first kappa shape index (κ1) is 22.2. The first-order valence-electron chi connectivity index (χ1n) is 11.4. The van der Waals surface area contributed by atoms with Crippen molar-refractivity contribution >= 4 is 0 Å². The maximum atomic E-state index is 5.80. The molecule has 0 aromatic heterocycles. The summed E-state index contributed by atoms with van der Waals surface area (Å²) >= 11 is 0. The second kappa shape index (κ2) is 14.9. The Balaban J connectivity index is 1.33. The SMILES string of the molecule is CCCCCCCCCCCCC/C=C/[C@@H]1N[C@H]1COCc1ccccc1. The van der Waals surface area contributed by atoms with Gasteiger partial charge in [-0.05, 0) is 18.4 Å². The summed E-state index contributed by atoms with van der Waals surface area (Å²) in [6.45, 7) is 3.81. The summed E-state index contributed by atoms with van der Waals surface area (Å²) in [5.41, 5.74) is 1.25. The summed E-state index contributed by atoms with van der Waals surface area (Å²) in [5, 5.41) is 3.49. The smallest absolute Gasteiger partial charge is 0.0717 e. The average Bonchev–Trinajstić information content (AvgIpc) is 3.44. The Morgan fingerprint density at radius 2 is 1.48 bits per heavy atom. The molecule has 152 valence electrons. The minimum atomic E-state index is 0.516. The lowest BCUT2D eigenvalue weighted by Gasteiger charge is -2.02. The Bertz CT molecular complexity index is 484. The third-order valence-electron chi connectivity index (χ3n) is 5.46. The van der Waals surface area contributed by atoms with E-state index in [4.69, 9.17) is 4.74 Å². The molecule has 2 nitrogen and oxygen atoms in total. The first-order chi connectivity index (χ1) is 13.4. The fourth-order valence-electron chi connectivity index (χ4n) is 3.58. The summed E-state index contributed by atoms with van der Waals surface area (Å²) in [6, 6.07) is 11.5. The van der Waals surface area contributed by atoms with E-state index in [9.17, 15) is 0 Å². The van der Waals surface area contributed by atoms with Gasteiger partial charge in [0.2, 0.25) is 0 Å². The molecule has 0 unspecified atom stereocenters. The van der Waals surface area contributed by atoms with Crippen molar-refractivity contribution in [1.29, 1.82) is 0 Å². The van der Waals surface area contributed by atoms with Crippen molar-refractivity contribution in [1.82, 2.24) is 5.32 Å². The van der Waals surface area contributed by atoms with E-state index in [1.165, 1.54) is 82.6 Å². The molecule has 1 N–H and O–H groups in total. The van der Waals surface area contributed by atoms with Crippen molar-refractivity contribution < 1.29 is 4.74 Å². The molecule has 0 bridgehead atoms. The van der Waals surface area contributed by atoms with Gasteiger partial charge in [0, 0.05) is 12.1 Å². The molecule has 0 amide bonds. The highest BCUT2D eigenvalue weighted by atomic mass is 16.5. The second-order valence-electron chi connectivity index (χ2n) is 8.05. The van der Waals surface area contributed by atoms with Crippen molar-refractivity contribution in [3.63, 3.8) is 0 Å². The Morgan fingerprint density at radius 3 is 2.15 bits per heavy atom. The topological polar surface area (TPSA) is 31.2 Å². The molecule has 1 saturated heterocycles. The summed E-state index contributed by atoms with van der Waals surface area (Å²) in [4.78, 5) is 0. The lowest BCUT2D eigenvalue weighted by atomic mass is 10.1. The predicted octanol–water partition coefficient (Wildman–Crippen LogP) is 6.80. The molecule has 2 heteroatoms. The van der Waals surface area contributed by atoms with Gasteiger partial charge < -0.3 is 10.1 Å². The van der Waals surface area contributed by atoms with E-state index in [-0.39, 0.29) is 0 Å². The van der Waals surface area contributed by atoms with Gasteiger partial charge in [-0.1, -0.05) is 114 Å². The van der Waals surface area contributed by atoms with Gasteiger partial charge in [-0.25, -0.2) is 0 Å². The fourth-order valence-corrected chi connectivity index (χ4v) is 3.58. The number of hydrogen-bond donors (Lipinski definition) is 1. The number of allylic oxidation sites excluding steroid dienone is 1. The van der Waals surface area contributed by atoms with Crippen molar-refractivity contribution in [3.05, 3.63) is 48.0 Å². The van der Waals surface area contributed by atoms with Crippen molar-refractivity contribution in [2.24, 2.45) is 0 Å². The highest BCUT2D eigenvalue weighted by molar-refractivity contribution is 5.14. The van der Waals surface area contributed by atoms with Crippen LogP contribution in [-0.2, 0) is 11.3 Å². The van der Waals surface area contributed by atoms with E-state index in [1.807, 2.05) is 6.07 Å². The summed E-state index contributed by atoms with van der Waals surface area (Å²) in [7, 11) is 0. The van der Waals surface area contributed by atoms with E-state index in [1.54, 1.807) is 0 Å². The van der Waals surface area contributed by atoms with Crippen LogP contribution in [0.4, 0.5) is 0 Å². The molecule has 2 rings (SSSR count). The van der Waals surface area contributed by atoms with E-state index in [0.717, 1.165) is 6.61 Å². The maximum absolute atomic E-state index is 5.80. The number of hydrogen-bond acceptors (Lipinski definition) is 2. The Hall–Kier alpha value is -1.12. The van der Waals surface area contributed by atoms with Crippen molar-refractivity contribution in [3.8, 4) is 0 Å². The van der Waals surface area contributed by atoms with Gasteiger partial charge in [0.05, 0.1) is 13.2 Å². The fraction of sp³-hybridized carbons (Fsp3) is 0.680. The van der Waals surface area contributed by atoms with Crippen LogP contribution in [0.3, 0.4) is 0 Å². The van der Waals surface area contributed by atoms with Crippen LogP contribution in [0, 0.1) is 0 Å². The standard InChI is InChI=1S/C25H41NO/c1-2-3-4-5-6-7-8-9-10-11-12-13-17-20-24-25(26-24)22-27-21-23-18-15-14-16-19-23/h14-20,24-26H,2-13,21-22H2,1H3/b20-17+/t24-,25-/m0/s1. The Labute approximate surface area is 167 Å². The molecule has 1 aromatic rings. The van der Waals surface area contributed by atoms with Gasteiger partial charge >= 0.3 is 0 Å².